The van der Waals surface area contributed by atoms with E-state index < -0.39 is 12.6 Å². The fraction of sp³-hybridized carbons (Fsp3) is 0.250. The quantitative estimate of drug-likeness (QED) is 0.645. The molecule has 0 aromatic rings. The van der Waals surface area contributed by atoms with Gasteiger partial charge in [0.1, 0.15) is 0 Å². The van der Waals surface area contributed by atoms with Crippen LogP contribution >= 0.6 is 0 Å². The van der Waals surface area contributed by atoms with Gasteiger partial charge in [-0.05, 0) is 12.2 Å². The van der Waals surface area contributed by atoms with E-state index in [1.54, 1.807) is 18.2 Å². The maximum absolute atomic E-state index is 11.8. The van der Waals surface area contributed by atoms with Gasteiger partial charge in [0.15, 0.2) is 0 Å². The molecule has 1 N–H and O–H groups in total. The zero-order valence-corrected chi connectivity index (χ0v) is 6.23. The Hall–Kier alpha value is -1.19. The molecule has 0 saturated carbocycles. The van der Waals surface area contributed by atoms with Crippen LogP contribution in [0.4, 0.5) is 13.2 Å². The Labute approximate surface area is 68.3 Å². The molecule has 4 heteroatoms. The molecule has 66 valence electrons. The molecule has 1 heterocycles. The minimum absolute atomic E-state index is 0.160. The molecule has 0 unspecified atom stereocenters. The first-order valence-corrected chi connectivity index (χ1v) is 3.43. The maximum Gasteiger partial charge on any atom is 0.394 e. The predicted octanol–water partition coefficient (Wildman–Crippen LogP) is 2.50. The SMILES string of the molecule is FC(F)(F)CC1=CC=CC=CN1. The van der Waals surface area contributed by atoms with Gasteiger partial charge in [0.2, 0.25) is 0 Å². The average Bonchev–Trinajstić information content (AvgIpc) is 2.12. The summed E-state index contributed by atoms with van der Waals surface area (Å²) in [5.74, 6) is 0. The molecule has 0 spiro atoms. The minimum Gasteiger partial charge on any atom is -0.365 e. The van der Waals surface area contributed by atoms with Gasteiger partial charge in [-0.3, -0.25) is 0 Å². The van der Waals surface area contributed by atoms with Gasteiger partial charge in [0.05, 0.1) is 6.42 Å². The second kappa shape index (κ2) is 3.47. The number of alkyl halides is 3. The van der Waals surface area contributed by atoms with Gasteiger partial charge in [-0.1, -0.05) is 12.2 Å². The normalized spacial score (nSPS) is 16.8. The molecular weight excluding hydrogens is 167 g/mol. The summed E-state index contributed by atoms with van der Waals surface area (Å²) in [7, 11) is 0. The van der Waals surface area contributed by atoms with Crippen molar-refractivity contribution in [2.45, 2.75) is 12.6 Å². The lowest BCUT2D eigenvalue weighted by Gasteiger charge is -2.08. The molecular formula is C8H8F3N. The molecule has 1 nitrogen and oxygen atoms in total. The number of allylic oxidation sites excluding steroid dienone is 5. The maximum atomic E-state index is 11.8. The highest BCUT2D eigenvalue weighted by molar-refractivity contribution is 5.21. The van der Waals surface area contributed by atoms with Crippen molar-refractivity contribution in [3.63, 3.8) is 0 Å². The van der Waals surface area contributed by atoms with E-state index >= 15 is 0 Å². The molecule has 0 radical (unpaired) electrons. The smallest absolute Gasteiger partial charge is 0.365 e. The van der Waals surface area contributed by atoms with Gasteiger partial charge in [0.25, 0.3) is 0 Å². The Morgan fingerprint density at radius 1 is 1.17 bits per heavy atom. The Balaban J connectivity index is 2.58. The highest BCUT2D eigenvalue weighted by Crippen LogP contribution is 2.23. The summed E-state index contributed by atoms with van der Waals surface area (Å²) in [6.07, 6.45) is 2.69. The highest BCUT2D eigenvalue weighted by atomic mass is 19.4. The van der Waals surface area contributed by atoms with Gasteiger partial charge in [0, 0.05) is 11.9 Å². The van der Waals surface area contributed by atoms with E-state index in [1.165, 1.54) is 12.3 Å². The molecule has 1 aliphatic heterocycles. The van der Waals surface area contributed by atoms with Crippen molar-refractivity contribution in [2.24, 2.45) is 0 Å². The van der Waals surface area contributed by atoms with E-state index in [4.69, 9.17) is 0 Å². The van der Waals surface area contributed by atoms with Crippen molar-refractivity contribution < 1.29 is 13.2 Å². The largest absolute Gasteiger partial charge is 0.394 e. The first kappa shape index (κ1) is 8.90. The molecule has 12 heavy (non-hydrogen) atoms. The van der Waals surface area contributed by atoms with Crippen molar-refractivity contribution in [2.75, 3.05) is 0 Å². The Kier molecular flexibility index (Phi) is 2.58. The Morgan fingerprint density at radius 3 is 2.58 bits per heavy atom. The molecule has 0 saturated heterocycles. The zero-order chi connectivity index (χ0) is 9.03. The van der Waals surface area contributed by atoms with Gasteiger partial charge in [-0.15, -0.1) is 0 Å². The Bertz CT molecular complexity index is 235. The fourth-order valence-electron chi connectivity index (χ4n) is 0.821. The van der Waals surface area contributed by atoms with E-state index in [1.807, 2.05) is 0 Å². The van der Waals surface area contributed by atoms with E-state index in [-0.39, 0.29) is 5.70 Å². The van der Waals surface area contributed by atoms with Crippen LogP contribution in [0.15, 0.2) is 36.2 Å². The van der Waals surface area contributed by atoms with Crippen LogP contribution in [-0.4, -0.2) is 6.18 Å². The lowest BCUT2D eigenvalue weighted by Crippen LogP contribution is -2.15. The molecule has 0 bridgehead atoms. The first-order chi connectivity index (χ1) is 5.58. The van der Waals surface area contributed by atoms with Crippen LogP contribution in [0.5, 0.6) is 0 Å². The molecule has 1 rings (SSSR count). The van der Waals surface area contributed by atoms with Crippen LogP contribution in [-0.2, 0) is 0 Å². The van der Waals surface area contributed by atoms with Gasteiger partial charge in [-0.25, -0.2) is 0 Å². The van der Waals surface area contributed by atoms with E-state index in [0.29, 0.717) is 0 Å². The molecule has 1 aliphatic rings. The van der Waals surface area contributed by atoms with E-state index in [2.05, 4.69) is 5.32 Å². The standard InChI is InChI=1S/C8H8F3N/c9-8(10,11)6-7-4-2-1-3-5-12-7/h1-5,12H,6H2. The monoisotopic (exact) mass is 175 g/mol. The van der Waals surface area contributed by atoms with Gasteiger partial charge in [-0.2, -0.15) is 13.2 Å². The number of halogens is 3. The number of nitrogens with one attached hydrogen (secondary N) is 1. The molecule has 0 aliphatic carbocycles. The van der Waals surface area contributed by atoms with Crippen molar-refractivity contribution >= 4 is 0 Å². The topological polar surface area (TPSA) is 12.0 Å². The lowest BCUT2D eigenvalue weighted by atomic mass is 10.3. The molecule has 0 amide bonds. The second-order valence-corrected chi connectivity index (χ2v) is 2.37. The van der Waals surface area contributed by atoms with Crippen LogP contribution in [0.2, 0.25) is 0 Å². The van der Waals surface area contributed by atoms with Crippen molar-refractivity contribution in [3.05, 3.63) is 36.2 Å². The summed E-state index contributed by atoms with van der Waals surface area (Å²) in [6.45, 7) is 0. The van der Waals surface area contributed by atoms with Crippen LogP contribution in [0, 0.1) is 0 Å². The molecule has 0 fully saturated rings. The number of rotatable bonds is 1. The number of hydrogen-bond donors (Lipinski definition) is 1. The van der Waals surface area contributed by atoms with E-state index in [0.717, 1.165) is 0 Å². The minimum atomic E-state index is -4.15. The zero-order valence-electron chi connectivity index (χ0n) is 6.23. The number of hydrogen-bond acceptors (Lipinski definition) is 1. The van der Waals surface area contributed by atoms with E-state index in [9.17, 15) is 13.2 Å². The summed E-state index contributed by atoms with van der Waals surface area (Å²) in [5.41, 5.74) is 0.160. The van der Waals surface area contributed by atoms with Crippen molar-refractivity contribution in [1.29, 1.82) is 0 Å². The lowest BCUT2D eigenvalue weighted by molar-refractivity contribution is -0.127. The molecule has 0 aromatic carbocycles. The summed E-state index contributed by atoms with van der Waals surface area (Å²) in [6, 6.07) is 0. The van der Waals surface area contributed by atoms with Crippen LogP contribution < -0.4 is 5.32 Å². The van der Waals surface area contributed by atoms with Crippen molar-refractivity contribution in [3.8, 4) is 0 Å². The Morgan fingerprint density at radius 2 is 1.92 bits per heavy atom. The molecule has 0 atom stereocenters. The van der Waals surface area contributed by atoms with Gasteiger partial charge < -0.3 is 5.32 Å². The third-order valence-corrected chi connectivity index (χ3v) is 1.28. The van der Waals surface area contributed by atoms with Gasteiger partial charge >= 0.3 is 6.18 Å². The van der Waals surface area contributed by atoms with Crippen LogP contribution in [0.3, 0.4) is 0 Å². The van der Waals surface area contributed by atoms with Crippen molar-refractivity contribution in [1.82, 2.24) is 5.32 Å². The third-order valence-electron chi connectivity index (χ3n) is 1.28. The van der Waals surface area contributed by atoms with Crippen LogP contribution in [0.1, 0.15) is 6.42 Å². The fourth-order valence-corrected chi connectivity index (χ4v) is 0.821. The summed E-state index contributed by atoms with van der Waals surface area (Å²) in [5, 5.41) is 2.54. The highest BCUT2D eigenvalue weighted by Gasteiger charge is 2.28. The summed E-state index contributed by atoms with van der Waals surface area (Å²) in [4.78, 5) is 0. The second-order valence-electron chi connectivity index (χ2n) is 2.37. The summed E-state index contributed by atoms with van der Waals surface area (Å²) < 4.78 is 35.5. The first-order valence-electron chi connectivity index (χ1n) is 3.43. The third kappa shape index (κ3) is 3.27. The average molecular weight is 175 g/mol. The molecule has 0 aromatic heterocycles. The van der Waals surface area contributed by atoms with Crippen LogP contribution in [0.25, 0.3) is 0 Å². The predicted molar refractivity (Wildman–Crippen MR) is 40.2 cm³/mol. The summed E-state index contributed by atoms with van der Waals surface area (Å²) >= 11 is 0.